The number of rotatable bonds is 4. The Labute approximate surface area is 143 Å². The molecule has 0 aliphatic rings. The Morgan fingerprint density at radius 2 is 1.83 bits per heavy atom. The molecule has 0 saturated carbocycles. The van der Waals surface area contributed by atoms with E-state index in [9.17, 15) is 13.6 Å². The van der Waals surface area contributed by atoms with Crippen molar-refractivity contribution in [3.05, 3.63) is 56.3 Å². The van der Waals surface area contributed by atoms with Gasteiger partial charge in [0.1, 0.15) is 21.7 Å². The summed E-state index contributed by atoms with van der Waals surface area (Å²) in [4.78, 5) is 14.5. The summed E-state index contributed by atoms with van der Waals surface area (Å²) in [5, 5.41) is 11.7. The van der Waals surface area contributed by atoms with E-state index in [0.717, 1.165) is 18.3 Å². The lowest BCUT2D eigenvalue weighted by Crippen LogP contribution is -2.05. The quantitative estimate of drug-likeness (QED) is 0.466. The number of aromatic nitrogens is 1. The molecule has 5 nitrogen and oxygen atoms in total. The minimum Gasteiger partial charge on any atom is -0.476 e. The number of carboxylic acid groups (broad SMARTS) is 1. The molecule has 0 aliphatic heterocycles. The number of carbonyl (C=O) groups is 1. The van der Waals surface area contributed by atoms with Gasteiger partial charge >= 0.3 is 5.97 Å². The molecule has 1 aromatic heterocycles. The van der Waals surface area contributed by atoms with Crippen molar-refractivity contribution in [1.29, 1.82) is 0 Å². The summed E-state index contributed by atoms with van der Waals surface area (Å²) in [5.41, 5.74) is 1.21. The first kappa shape index (κ1) is 17.4. The molecule has 0 spiro atoms. The van der Waals surface area contributed by atoms with Gasteiger partial charge in [0.05, 0.1) is 17.5 Å². The summed E-state index contributed by atoms with van der Waals surface area (Å²) < 4.78 is 26.9. The smallest absolute Gasteiger partial charge is 0.356 e. The highest BCUT2D eigenvalue weighted by Crippen LogP contribution is 2.36. The Bertz CT molecular complexity index is 795. The van der Waals surface area contributed by atoms with Gasteiger partial charge in [-0.1, -0.05) is 40.9 Å². The number of nitrogens with zero attached hydrogens (tertiary/aromatic N) is 2. The van der Waals surface area contributed by atoms with Crippen LogP contribution < -0.4 is 5.43 Å². The van der Waals surface area contributed by atoms with Gasteiger partial charge in [0.25, 0.3) is 0 Å². The normalized spacial score (nSPS) is 11.0. The zero-order valence-electron chi connectivity index (χ0n) is 10.9. The highest BCUT2D eigenvalue weighted by Gasteiger charge is 2.20. The molecule has 0 amide bonds. The summed E-state index contributed by atoms with van der Waals surface area (Å²) in [6.45, 7) is 0. The van der Waals surface area contributed by atoms with Gasteiger partial charge in [-0.2, -0.15) is 5.10 Å². The highest BCUT2D eigenvalue weighted by molar-refractivity contribution is 6.46. The molecule has 2 N–H and O–H groups in total. The van der Waals surface area contributed by atoms with Crippen LogP contribution in [-0.4, -0.2) is 22.3 Å². The second-order valence-corrected chi connectivity index (χ2v) is 5.18. The monoisotopic (exact) mass is 379 g/mol. The predicted molar refractivity (Wildman–Crippen MR) is 83.8 cm³/mol. The fraction of sp³-hybridized carbons (Fsp3) is 0. The number of carboxylic acids is 1. The van der Waals surface area contributed by atoms with Gasteiger partial charge in [-0.3, -0.25) is 5.43 Å². The first-order chi connectivity index (χ1) is 10.8. The average molecular weight is 381 g/mol. The molecular weight excluding hydrogens is 375 g/mol. The summed E-state index contributed by atoms with van der Waals surface area (Å²) in [7, 11) is 0. The summed E-state index contributed by atoms with van der Waals surface area (Å²) in [6, 6.07) is 3.30. The SMILES string of the molecule is O=C(O)c1nc(Cl)c(Cl)c(NN=Cc2c(F)cccc2F)c1Cl. The predicted octanol–water partition coefficient (Wildman–Crippen LogP) is 4.46. The number of pyridine rings is 1. The van der Waals surface area contributed by atoms with E-state index in [2.05, 4.69) is 15.5 Å². The van der Waals surface area contributed by atoms with Gasteiger partial charge in [0.15, 0.2) is 10.8 Å². The number of hydrogen-bond donors (Lipinski definition) is 2. The van der Waals surface area contributed by atoms with Crippen LogP contribution in [0.15, 0.2) is 23.3 Å². The Balaban J connectivity index is 2.37. The van der Waals surface area contributed by atoms with Crippen LogP contribution in [0.4, 0.5) is 14.5 Å². The van der Waals surface area contributed by atoms with Gasteiger partial charge < -0.3 is 5.11 Å². The van der Waals surface area contributed by atoms with E-state index in [-0.39, 0.29) is 20.9 Å². The van der Waals surface area contributed by atoms with Crippen LogP contribution in [0.1, 0.15) is 16.1 Å². The largest absolute Gasteiger partial charge is 0.476 e. The summed E-state index contributed by atoms with van der Waals surface area (Å²) in [6.07, 6.45) is 0.853. The summed E-state index contributed by atoms with van der Waals surface area (Å²) in [5.74, 6) is -3.08. The van der Waals surface area contributed by atoms with Gasteiger partial charge in [-0.25, -0.2) is 18.6 Å². The molecule has 2 rings (SSSR count). The van der Waals surface area contributed by atoms with Crippen molar-refractivity contribution in [3.8, 4) is 0 Å². The van der Waals surface area contributed by atoms with Crippen LogP contribution in [0.25, 0.3) is 0 Å². The topological polar surface area (TPSA) is 74.6 Å². The lowest BCUT2D eigenvalue weighted by atomic mass is 10.2. The Morgan fingerprint density at radius 1 is 1.22 bits per heavy atom. The number of hydrazone groups is 1. The maximum Gasteiger partial charge on any atom is 0.356 e. The lowest BCUT2D eigenvalue weighted by molar-refractivity contribution is 0.0691. The minimum atomic E-state index is -1.43. The molecule has 1 aromatic carbocycles. The Kier molecular flexibility index (Phi) is 5.35. The van der Waals surface area contributed by atoms with Crippen LogP contribution in [-0.2, 0) is 0 Å². The molecule has 0 bridgehead atoms. The van der Waals surface area contributed by atoms with Crippen molar-refractivity contribution < 1.29 is 18.7 Å². The molecule has 0 fully saturated rings. The number of anilines is 1. The van der Waals surface area contributed by atoms with Crippen molar-refractivity contribution in [1.82, 2.24) is 4.98 Å². The van der Waals surface area contributed by atoms with Crippen LogP contribution >= 0.6 is 34.8 Å². The highest BCUT2D eigenvalue weighted by atomic mass is 35.5. The van der Waals surface area contributed by atoms with Gasteiger partial charge in [0.2, 0.25) is 0 Å². The van der Waals surface area contributed by atoms with Crippen molar-refractivity contribution in [2.45, 2.75) is 0 Å². The maximum absolute atomic E-state index is 13.4. The third-order valence-electron chi connectivity index (χ3n) is 2.61. The van der Waals surface area contributed by atoms with Crippen LogP contribution in [0.2, 0.25) is 15.2 Å². The molecule has 0 saturated heterocycles. The number of nitrogens with one attached hydrogen (secondary N) is 1. The molecule has 0 radical (unpaired) electrons. The van der Waals surface area contributed by atoms with Crippen molar-refractivity contribution in [3.63, 3.8) is 0 Å². The van der Waals surface area contributed by atoms with Crippen LogP contribution in [0, 0.1) is 11.6 Å². The van der Waals surface area contributed by atoms with Crippen LogP contribution in [0.3, 0.4) is 0 Å². The van der Waals surface area contributed by atoms with Crippen molar-refractivity contribution >= 4 is 52.7 Å². The fourth-order valence-electron chi connectivity index (χ4n) is 1.55. The third-order valence-corrected chi connectivity index (χ3v) is 3.72. The minimum absolute atomic E-state index is 0.154. The average Bonchev–Trinajstić information content (AvgIpc) is 2.48. The standard InChI is InChI=1S/C13H6Cl3F2N3O2/c14-8-10(9(15)12(16)20-11(8)13(22)23)21-19-4-5-6(17)2-1-3-7(5)18/h1-4H,(H,20,21)(H,22,23). The van der Waals surface area contributed by atoms with Gasteiger partial charge in [-0.05, 0) is 12.1 Å². The molecule has 10 heteroatoms. The Hall–Kier alpha value is -1.96. The molecule has 0 aliphatic carbocycles. The maximum atomic E-state index is 13.4. The van der Waals surface area contributed by atoms with E-state index in [1.165, 1.54) is 6.07 Å². The molecule has 2 aromatic rings. The van der Waals surface area contributed by atoms with E-state index >= 15 is 0 Å². The number of aromatic carboxylic acids is 1. The van der Waals surface area contributed by atoms with E-state index in [1.807, 2.05) is 0 Å². The zero-order valence-corrected chi connectivity index (χ0v) is 13.2. The molecule has 0 atom stereocenters. The number of halogens is 5. The lowest BCUT2D eigenvalue weighted by Gasteiger charge is -2.09. The molecular formula is C13H6Cl3F2N3O2. The van der Waals surface area contributed by atoms with Gasteiger partial charge in [0, 0.05) is 0 Å². The first-order valence-electron chi connectivity index (χ1n) is 5.83. The summed E-state index contributed by atoms with van der Waals surface area (Å²) >= 11 is 17.4. The van der Waals surface area contributed by atoms with Gasteiger partial charge in [-0.15, -0.1) is 0 Å². The van der Waals surface area contributed by atoms with E-state index in [1.54, 1.807) is 0 Å². The third kappa shape index (κ3) is 3.69. The molecule has 1 heterocycles. The van der Waals surface area contributed by atoms with E-state index < -0.39 is 28.9 Å². The molecule has 23 heavy (non-hydrogen) atoms. The van der Waals surface area contributed by atoms with E-state index in [0.29, 0.717) is 0 Å². The molecule has 0 unspecified atom stereocenters. The van der Waals surface area contributed by atoms with Crippen molar-refractivity contribution in [2.24, 2.45) is 5.10 Å². The van der Waals surface area contributed by atoms with Crippen LogP contribution in [0.5, 0.6) is 0 Å². The molecule has 120 valence electrons. The second-order valence-electron chi connectivity index (χ2n) is 4.06. The van der Waals surface area contributed by atoms with E-state index in [4.69, 9.17) is 39.9 Å². The van der Waals surface area contributed by atoms with Crippen molar-refractivity contribution in [2.75, 3.05) is 5.43 Å². The zero-order chi connectivity index (χ0) is 17.1. The number of benzene rings is 1. The Morgan fingerprint density at radius 3 is 2.39 bits per heavy atom. The first-order valence-corrected chi connectivity index (χ1v) is 6.97. The second kappa shape index (κ2) is 7.08. The fourth-order valence-corrected chi connectivity index (χ4v) is 2.22. The number of hydrogen-bond acceptors (Lipinski definition) is 4.